The average molecular weight is 269 g/mol. The second-order valence-corrected chi connectivity index (χ2v) is 5.31. The lowest BCUT2D eigenvalue weighted by molar-refractivity contribution is 0.642. The lowest BCUT2D eigenvalue weighted by Gasteiger charge is -2.15. The number of anilines is 1. The van der Waals surface area contributed by atoms with Gasteiger partial charge in [-0.1, -0.05) is 12.8 Å². The Labute approximate surface area is 99.6 Å². The number of aryl methyl sites for hydroxylation is 1. The van der Waals surface area contributed by atoms with Crippen LogP contribution in [0.3, 0.4) is 0 Å². The number of halogens is 1. The SMILES string of the molecule is Cc1cc(NC(C)CC2CC2)cnc1Br. The van der Waals surface area contributed by atoms with Gasteiger partial charge in [-0.15, -0.1) is 0 Å². The Balaban J connectivity index is 1.93. The molecule has 1 heterocycles. The van der Waals surface area contributed by atoms with Crippen molar-refractivity contribution in [1.82, 2.24) is 4.98 Å². The van der Waals surface area contributed by atoms with Gasteiger partial charge in [-0.05, 0) is 53.7 Å². The maximum atomic E-state index is 4.28. The molecule has 2 nitrogen and oxygen atoms in total. The summed E-state index contributed by atoms with van der Waals surface area (Å²) in [7, 11) is 0. The summed E-state index contributed by atoms with van der Waals surface area (Å²) in [5, 5.41) is 3.50. The largest absolute Gasteiger partial charge is 0.381 e. The van der Waals surface area contributed by atoms with Gasteiger partial charge < -0.3 is 5.32 Å². The van der Waals surface area contributed by atoms with Crippen molar-refractivity contribution in [3.8, 4) is 0 Å². The van der Waals surface area contributed by atoms with Gasteiger partial charge in [0.25, 0.3) is 0 Å². The fourth-order valence-electron chi connectivity index (χ4n) is 1.83. The van der Waals surface area contributed by atoms with E-state index in [0.29, 0.717) is 6.04 Å². The first-order valence-electron chi connectivity index (χ1n) is 5.54. The first-order chi connectivity index (χ1) is 7.15. The van der Waals surface area contributed by atoms with Gasteiger partial charge >= 0.3 is 0 Å². The topological polar surface area (TPSA) is 24.9 Å². The van der Waals surface area contributed by atoms with E-state index in [0.717, 1.165) is 16.2 Å². The predicted molar refractivity (Wildman–Crippen MR) is 67.1 cm³/mol. The summed E-state index contributed by atoms with van der Waals surface area (Å²) < 4.78 is 0.933. The summed E-state index contributed by atoms with van der Waals surface area (Å²) in [6.45, 7) is 4.31. The molecular weight excluding hydrogens is 252 g/mol. The molecule has 1 atom stereocenters. The highest BCUT2D eigenvalue weighted by Crippen LogP contribution is 2.34. The Morgan fingerprint density at radius 3 is 2.93 bits per heavy atom. The number of nitrogens with one attached hydrogen (secondary N) is 1. The number of hydrogen-bond acceptors (Lipinski definition) is 2. The van der Waals surface area contributed by atoms with Crippen LogP contribution in [0.15, 0.2) is 16.9 Å². The molecule has 0 aliphatic heterocycles. The third-order valence-electron chi connectivity index (χ3n) is 2.81. The minimum Gasteiger partial charge on any atom is -0.381 e. The molecule has 1 aliphatic rings. The molecule has 1 N–H and O–H groups in total. The smallest absolute Gasteiger partial charge is 0.109 e. The van der Waals surface area contributed by atoms with Crippen molar-refractivity contribution in [2.45, 2.75) is 39.2 Å². The van der Waals surface area contributed by atoms with Crippen LogP contribution in [0.5, 0.6) is 0 Å². The molecule has 0 radical (unpaired) electrons. The number of aromatic nitrogens is 1. The van der Waals surface area contributed by atoms with Crippen molar-refractivity contribution >= 4 is 21.6 Å². The van der Waals surface area contributed by atoms with E-state index >= 15 is 0 Å². The number of rotatable bonds is 4. The highest BCUT2D eigenvalue weighted by Gasteiger charge is 2.23. The quantitative estimate of drug-likeness (QED) is 0.842. The highest BCUT2D eigenvalue weighted by atomic mass is 79.9. The average Bonchev–Trinajstić information content (AvgIpc) is 2.95. The third kappa shape index (κ3) is 3.20. The van der Waals surface area contributed by atoms with Gasteiger partial charge in [-0.2, -0.15) is 0 Å². The summed E-state index contributed by atoms with van der Waals surface area (Å²) in [6, 6.07) is 2.69. The Kier molecular flexibility index (Phi) is 3.29. The van der Waals surface area contributed by atoms with Crippen molar-refractivity contribution in [1.29, 1.82) is 0 Å². The van der Waals surface area contributed by atoms with E-state index in [1.54, 1.807) is 0 Å². The Hall–Kier alpha value is -0.570. The molecular formula is C12H17BrN2. The third-order valence-corrected chi connectivity index (χ3v) is 3.64. The van der Waals surface area contributed by atoms with Crippen molar-refractivity contribution in [3.63, 3.8) is 0 Å². The molecule has 1 saturated carbocycles. The Morgan fingerprint density at radius 2 is 2.33 bits per heavy atom. The van der Waals surface area contributed by atoms with Gasteiger partial charge in [0.05, 0.1) is 11.9 Å². The fourth-order valence-corrected chi connectivity index (χ4v) is 2.05. The van der Waals surface area contributed by atoms with E-state index in [1.165, 1.54) is 24.8 Å². The minimum atomic E-state index is 0.555. The van der Waals surface area contributed by atoms with Crippen molar-refractivity contribution in [2.24, 2.45) is 5.92 Å². The minimum absolute atomic E-state index is 0.555. The predicted octanol–water partition coefficient (Wildman–Crippen LogP) is 3.75. The second kappa shape index (κ2) is 4.52. The lowest BCUT2D eigenvalue weighted by atomic mass is 10.1. The van der Waals surface area contributed by atoms with Gasteiger partial charge in [0.15, 0.2) is 0 Å². The summed E-state index contributed by atoms with van der Waals surface area (Å²) >= 11 is 3.41. The number of pyridine rings is 1. The van der Waals surface area contributed by atoms with Gasteiger partial charge in [-0.3, -0.25) is 0 Å². The summed E-state index contributed by atoms with van der Waals surface area (Å²) in [4.78, 5) is 4.28. The molecule has 1 aromatic heterocycles. The van der Waals surface area contributed by atoms with Crippen LogP contribution in [-0.4, -0.2) is 11.0 Å². The zero-order valence-electron chi connectivity index (χ0n) is 9.26. The molecule has 82 valence electrons. The number of hydrogen-bond donors (Lipinski definition) is 1. The number of nitrogens with zero attached hydrogens (tertiary/aromatic N) is 1. The molecule has 3 heteroatoms. The van der Waals surface area contributed by atoms with E-state index < -0.39 is 0 Å². The van der Waals surface area contributed by atoms with Crippen molar-refractivity contribution in [2.75, 3.05) is 5.32 Å². The van der Waals surface area contributed by atoms with Crippen LogP contribution in [0.25, 0.3) is 0 Å². The van der Waals surface area contributed by atoms with Crippen LogP contribution in [0.2, 0.25) is 0 Å². The van der Waals surface area contributed by atoms with E-state index in [9.17, 15) is 0 Å². The van der Waals surface area contributed by atoms with Gasteiger partial charge in [0.1, 0.15) is 4.60 Å². The summed E-state index contributed by atoms with van der Waals surface area (Å²) in [5.74, 6) is 0.969. The molecule has 0 bridgehead atoms. The Bertz CT molecular complexity index is 347. The molecule has 1 fully saturated rings. The molecule has 1 aliphatic carbocycles. The summed E-state index contributed by atoms with van der Waals surface area (Å²) in [6.07, 6.45) is 6.02. The van der Waals surface area contributed by atoms with E-state index in [-0.39, 0.29) is 0 Å². The standard InChI is InChI=1S/C12H17BrN2/c1-8-5-11(7-14-12(8)13)15-9(2)6-10-3-4-10/h5,7,9-10,15H,3-4,6H2,1-2H3. The molecule has 0 amide bonds. The first-order valence-corrected chi connectivity index (χ1v) is 6.33. The van der Waals surface area contributed by atoms with E-state index in [1.807, 2.05) is 6.20 Å². The van der Waals surface area contributed by atoms with Crippen LogP contribution in [0, 0.1) is 12.8 Å². The van der Waals surface area contributed by atoms with Crippen molar-refractivity contribution < 1.29 is 0 Å². The molecule has 2 rings (SSSR count). The van der Waals surface area contributed by atoms with Crippen LogP contribution in [0.4, 0.5) is 5.69 Å². The van der Waals surface area contributed by atoms with Crippen LogP contribution in [0.1, 0.15) is 31.7 Å². The zero-order chi connectivity index (χ0) is 10.8. The molecule has 1 aromatic rings. The molecule has 0 aromatic carbocycles. The second-order valence-electron chi connectivity index (χ2n) is 4.56. The van der Waals surface area contributed by atoms with Crippen molar-refractivity contribution in [3.05, 3.63) is 22.4 Å². The fraction of sp³-hybridized carbons (Fsp3) is 0.583. The molecule has 0 spiro atoms. The van der Waals surface area contributed by atoms with Crippen LogP contribution >= 0.6 is 15.9 Å². The van der Waals surface area contributed by atoms with E-state index in [2.05, 4.69) is 46.1 Å². The summed E-state index contributed by atoms with van der Waals surface area (Å²) in [5.41, 5.74) is 2.31. The molecule has 0 saturated heterocycles. The maximum Gasteiger partial charge on any atom is 0.109 e. The van der Waals surface area contributed by atoms with Gasteiger partial charge in [-0.25, -0.2) is 4.98 Å². The lowest BCUT2D eigenvalue weighted by Crippen LogP contribution is -2.15. The first kappa shape index (κ1) is 10.9. The van der Waals surface area contributed by atoms with Crippen LogP contribution < -0.4 is 5.32 Å². The molecule has 15 heavy (non-hydrogen) atoms. The van der Waals surface area contributed by atoms with Crippen LogP contribution in [-0.2, 0) is 0 Å². The zero-order valence-corrected chi connectivity index (χ0v) is 10.8. The molecule has 1 unspecified atom stereocenters. The van der Waals surface area contributed by atoms with E-state index in [4.69, 9.17) is 0 Å². The van der Waals surface area contributed by atoms with Gasteiger partial charge in [0, 0.05) is 6.04 Å². The Morgan fingerprint density at radius 1 is 1.60 bits per heavy atom. The monoisotopic (exact) mass is 268 g/mol. The normalized spacial score (nSPS) is 17.5. The highest BCUT2D eigenvalue weighted by molar-refractivity contribution is 9.10. The maximum absolute atomic E-state index is 4.28. The van der Waals surface area contributed by atoms with Gasteiger partial charge in [0.2, 0.25) is 0 Å².